The minimum atomic E-state index is 0.605. The number of allylic oxidation sites excluding steroid dienone is 3. The van der Waals surface area contributed by atoms with Crippen LogP contribution in [0.4, 0.5) is 0 Å². The van der Waals surface area contributed by atoms with E-state index >= 15 is 0 Å². The summed E-state index contributed by atoms with van der Waals surface area (Å²) in [7, 11) is 1.67. The highest BCUT2D eigenvalue weighted by Crippen LogP contribution is 2.26. The van der Waals surface area contributed by atoms with Crippen LogP contribution in [0.2, 0.25) is 0 Å². The number of aromatic nitrogens is 1. The van der Waals surface area contributed by atoms with Gasteiger partial charge in [-0.1, -0.05) is 0 Å². The molecule has 90 valence electrons. The molecule has 0 saturated heterocycles. The van der Waals surface area contributed by atoms with Crippen molar-refractivity contribution in [2.24, 2.45) is 9.98 Å². The number of nitrogens with zero attached hydrogens (tertiary/aromatic N) is 3. The lowest BCUT2D eigenvalue weighted by atomic mass is 10.00. The van der Waals surface area contributed by atoms with Gasteiger partial charge < -0.3 is 4.74 Å². The van der Waals surface area contributed by atoms with Crippen LogP contribution in [0.1, 0.15) is 12.5 Å². The van der Waals surface area contributed by atoms with Crippen molar-refractivity contribution < 1.29 is 4.74 Å². The predicted octanol–water partition coefficient (Wildman–Crippen LogP) is 2.14. The molecule has 3 heterocycles. The first kappa shape index (κ1) is 10.9. The minimum Gasteiger partial charge on any atom is -0.494 e. The average Bonchev–Trinajstić information content (AvgIpc) is 2.78. The van der Waals surface area contributed by atoms with E-state index in [-0.39, 0.29) is 0 Å². The Kier molecular flexibility index (Phi) is 2.55. The zero-order valence-corrected chi connectivity index (χ0v) is 10.3. The van der Waals surface area contributed by atoms with E-state index in [4.69, 9.17) is 4.74 Å². The summed E-state index contributed by atoms with van der Waals surface area (Å²) in [6.07, 6.45) is 5.56. The van der Waals surface area contributed by atoms with Crippen LogP contribution in [0.15, 0.2) is 57.6 Å². The Balaban J connectivity index is 2.11. The van der Waals surface area contributed by atoms with Gasteiger partial charge >= 0.3 is 0 Å². The number of hydrogen-bond acceptors (Lipinski definition) is 4. The van der Waals surface area contributed by atoms with Gasteiger partial charge in [0.1, 0.15) is 5.71 Å². The van der Waals surface area contributed by atoms with Crippen LogP contribution < -0.4 is 0 Å². The highest BCUT2D eigenvalue weighted by Gasteiger charge is 2.25. The maximum atomic E-state index is 5.52. The fourth-order valence-corrected chi connectivity index (χ4v) is 2.21. The molecule has 4 nitrogen and oxygen atoms in total. The van der Waals surface area contributed by atoms with Gasteiger partial charge in [-0.25, -0.2) is 0 Å². The molecule has 2 aliphatic heterocycles. The molecule has 18 heavy (non-hydrogen) atoms. The second-order valence-corrected chi connectivity index (χ2v) is 4.19. The molecule has 0 saturated carbocycles. The van der Waals surface area contributed by atoms with E-state index in [9.17, 15) is 0 Å². The molecule has 0 radical (unpaired) electrons. The van der Waals surface area contributed by atoms with E-state index < -0.39 is 0 Å². The lowest BCUT2D eigenvalue weighted by Crippen LogP contribution is -2.20. The first-order chi connectivity index (χ1) is 8.79. The highest BCUT2D eigenvalue weighted by atomic mass is 16.5. The Morgan fingerprint density at radius 2 is 2.00 bits per heavy atom. The van der Waals surface area contributed by atoms with Gasteiger partial charge in [0, 0.05) is 29.2 Å². The molecule has 3 rings (SSSR count). The number of rotatable bonds is 2. The monoisotopic (exact) mass is 239 g/mol. The lowest BCUT2D eigenvalue weighted by molar-refractivity contribution is 0.313. The summed E-state index contributed by atoms with van der Waals surface area (Å²) in [5, 5.41) is 0. The molecular weight excluding hydrogens is 226 g/mol. The lowest BCUT2D eigenvalue weighted by Gasteiger charge is -2.17. The third-order valence-electron chi connectivity index (χ3n) is 2.98. The van der Waals surface area contributed by atoms with Crippen molar-refractivity contribution in [2.45, 2.75) is 6.92 Å². The second-order valence-electron chi connectivity index (χ2n) is 4.19. The van der Waals surface area contributed by atoms with Gasteiger partial charge in [-0.15, -0.1) is 0 Å². The summed E-state index contributed by atoms with van der Waals surface area (Å²) in [5.74, 6) is 0.794. The van der Waals surface area contributed by atoms with Crippen molar-refractivity contribution in [3.8, 4) is 0 Å². The number of aliphatic imine (C=N–C) groups is 2. The predicted molar refractivity (Wildman–Crippen MR) is 70.9 cm³/mol. The quantitative estimate of drug-likeness (QED) is 0.793. The third-order valence-corrected chi connectivity index (χ3v) is 2.98. The molecular formula is C14H13N3O. The summed E-state index contributed by atoms with van der Waals surface area (Å²) in [4.78, 5) is 13.1. The molecule has 0 amide bonds. The largest absolute Gasteiger partial charge is 0.494 e. The maximum absolute atomic E-state index is 5.52. The first-order valence-electron chi connectivity index (χ1n) is 5.79. The van der Waals surface area contributed by atoms with Crippen LogP contribution >= 0.6 is 0 Å². The van der Waals surface area contributed by atoms with E-state index in [0.717, 1.165) is 34.0 Å². The summed E-state index contributed by atoms with van der Waals surface area (Å²) < 4.78 is 5.52. The Hall–Kier alpha value is -2.23. The fourth-order valence-electron chi connectivity index (χ4n) is 2.21. The van der Waals surface area contributed by atoms with Crippen molar-refractivity contribution in [1.82, 2.24) is 4.98 Å². The van der Waals surface area contributed by atoms with E-state index in [1.54, 1.807) is 19.5 Å². The standard InChI is InChI=1S/C14H13N3O/c1-9-7-11-12(17-9)8-16-13(14(11)18-2)10-3-5-15-6-4-10/h3-7H,8H2,1-2H3. The Morgan fingerprint density at radius 3 is 2.72 bits per heavy atom. The van der Waals surface area contributed by atoms with Crippen LogP contribution in [0.3, 0.4) is 0 Å². The molecule has 1 aromatic heterocycles. The molecule has 0 unspecified atom stereocenters. The molecule has 4 heteroatoms. The molecule has 2 aliphatic rings. The second kappa shape index (κ2) is 4.22. The third kappa shape index (κ3) is 1.66. The van der Waals surface area contributed by atoms with Gasteiger partial charge in [-0.05, 0) is 25.1 Å². The normalized spacial score (nSPS) is 18.0. The van der Waals surface area contributed by atoms with E-state index in [1.165, 1.54) is 0 Å². The van der Waals surface area contributed by atoms with Gasteiger partial charge in [0.05, 0.1) is 19.4 Å². The Morgan fingerprint density at radius 1 is 1.22 bits per heavy atom. The van der Waals surface area contributed by atoms with E-state index in [0.29, 0.717) is 6.54 Å². The molecule has 0 N–H and O–H groups in total. The summed E-state index contributed by atoms with van der Waals surface area (Å²) in [6, 6.07) is 3.87. The van der Waals surface area contributed by atoms with Crippen LogP contribution in [0, 0.1) is 0 Å². The average molecular weight is 239 g/mol. The van der Waals surface area contributed by atoms with Crippen molar-refractivity contribution in [3.63, 3.8) is 0 Å². The summed E-state index contributed by atoms with van der Waals surface area (Å²) in [6.45, 7) is 2.59. The number of fused-ring (bicyclic) bond motifs is 1. The molecule has 0 fully saturated rings. The molecule has 0 atom stereocenters. The van der Waals surface area contributed by atoms with Crippen molar-refractivity contribution in [1.29, 1.82) is 0 Å². The molecule has 0 bridgehead atoms. The molecule has 0 aromatic carbocycles. The maximum Gasteiger partial charge on any atom is 0.153 e. The number of methoxy groups -OCH3 is 1. The SMILES string of the molecule is COC1=C2C=C(C)N=C2CN=C1c1ccncc1. The Labute approximate surface area is 105 Å². The van der Waals surface area contributed by atoms with Gasteiger partial charge in [0.25, 0.3) is 0 Å². The molecule has 0 aliphatic carbocycles. The van der Waals surface area contributed by atoms with Gasteiger partial charge in [-0.3, -0.25) is 15.0 Å². The van der Waals surface area contributed by atoms with Gasteiger partial charge in [-0.2, -0.15) is 0 Å². The van der Waals surface area contributed by atoms with Crippen LogP contribution in [0.25, 0.3) is 0 Å². The van der Waals surface area contributed by atoms with Crippen LogP contribution in [-0.4, -0.2) is 30.1 Å². The van der Waals surface area contributed by atoms with Crippen molar-refractivity contribution in [3.05, 3.63) is 53.2 Å². The van der Waals surface area contributed by atoms with Crippen LogP contribution in [0.5, 0.6) is 0 Å². The molecule has 1 aromatic rings. The summed E-state index contributed by atoms with van der Waals surface area (Å²) >= 11 is 0. The van der Waals surface area contributed by atoms with Crippen molar-refractivity contribution >= 4 is 11.4 Å². The molecule has 0 spiro atoms. The number of ether oxygens (including phenoxy) is 1. The number of pyridine rings is 1. The smallest absolute Gasteiger partial charge is 0.153 e. The number of dihydropyridines is 1. The zero-order chi connectivity index (χ0) is 12.5. The highest BCUT2D eigenvalue weighted by molar-refractivity contribution is 6.22. The van der Waals surface area contributed by atoms with E-state index in [1.807, 2.05) is 25.1 Å². The van der Waals surface area contributed by atoms with Crippen LogP contribution in [-0.2, 0) is 4.74 Å². The fraction of sp³-hybridized carbons (Fsp3) is 0.214. The van der Waals surface area contributed by atoms with Crippen molar-refractivity contribution in [2.75, 3.05) is 13.7 Å². The van der Waals surface area contributed by atoms with Gasteiger partial charge in [0.2, 0.25) is 0 Å². The first-order valence-corrected chi connectivity index (χ1v) is 5.79. The minimum absolute atomic E-state index is 0.605. The number of hydrogen-bond donors (Lipinski definition) is 0. The van der Waals surface area contributed by atoms with E-state index in [2.05, 4.69) is 15.0 Å². The topological polar surface area (TPSA) is 46.8 Å². The van der Waals surface area contributed by atoms with Gasteiger partial charge in [0.15, 0.2) is 5.76 Å². The Bertz CT molecular complexity index is 609. The summed E-state index contributed by atoms with van der Waals surface area (Å²) in [5.41, 5.74) is 4.94. The zero-order valence-electron chi connectivity index (χ0n) is 10.3.